The molecule has 0 amide bonds. The van der Waals surface area contributed by atoms with Gasteiger partial charge in [0.15, 0.2) is 11.5 Å². The van der Waals surface area contributed by atoms with Crippen molar-refractivity contribution in [2.75, 3.05) is 20.7 Å². The van der Waals surface area contributed by atoms with E-state index in [0.29, 0.717) is 0 Å². The molecule has 2 heterocycles. The molecule has 114 valence electrons. The molecule has 1 aromatic rings. The van der Waals surface area contributed by atoms with Crippen LogP contribution in [0.2, 0.25) is 0 Å². The lowest BCUT2D eigenvalue weighted by Crippen LogP contribution is -2.45. The molecule has 1 aliphatic carbocycles. The van der Waals surface area contributed by atoms with Gasteiger partial charge in [0.1, 0.15) is 6.10 Å². The van der Waals surface area contributed by atoms with Gasteiger partial charge in [-0.15, -0.1) is 0 Å². The molecule has 0 aromatic heterocycles. The number of hydrogen-bond donors (Lipinski definition) is 1. The van der Waals surface area contributed by atoms with Crippen molar-refractivity contribution in [2.24, 2.45) is 0 Å². The second-order valence-electron chi connectivity index (χ2n) is 6.81. The summed E-state index contributed by atoms with van der Waals surface area (Å²) in [4.78, 5) is 2.39. The molecular formula is C17H23NO3. The smallest absolute Gasteiger partial charge is 0.165 e. The first-order valence-electron chi connectivity index (χ1n) is 7.87. The van der Waals surface area contributed by atoms with Crippen molar-refractivity contribution in [2.45, 2.75) is 49.9 Å². The zero-order chi connectivity index (χ0) is 14.6. The van der Waals surface area contributed by atoms with E-state index < -0.39 is 0 Å². The molecule has 3 aliphatic rings. The first kappa shape index (κ1) is 13.4. The average Bonchev–Trinajstić information content (AvgIpc) is 2.72. The summed E-state index contributed by atoms with van der Waals surface area (Å²) in [5, 5.41) is 10.1. The predicted molar refractivity (Wildman–Crippen MR) is 79.9 cm³/mol. The minimum absolute atomic E-state index is 0.0726. The van der Waals surface area contributed by atoms with Gasteiger partial charge in [0.25, 0.3) is 0 Å². The number of aliphatic hydroxyl groups is 1. The number of ether oxygens (including phenoxy) is 2. The molecule has 2 aliphatic heterocycles. The summed E-state index contributed by atoms with van der Waals surface area (Å²) in [6, 6.07) is 4.22. The maximum atomic E-state index is 10.1. The highest BCUT2D eigenvalue weighted by molar-refractivity contribution is 5.58. The monoisotopic (exact) mass is 289 g/mol. The van der Waals surface area contributed by atoms with Crippen molar-refractivity contribution in [3.8, 4) is 11.5 Å². The molecular weight excluding hydrogens is 266 g/mol. The SMILES string of the molecule is COc1ccc2c3c1O[C@@H]1C[C@@H](O)CC[C@]31CCN(C)C2. The van der Waals surface area contributed by atoms with Crippen LogP contribution in [0.3, 0.4) is 0 Å². The summed E-state index contributed by atoms with van der Waals surface area (Å²) < 4.78 is 11.8. The maximum Gasteiger partial charge on any atom is 0.165 e. The van der Waals surface area contributed by atoms with E-state index in [9.17, 15) is 5.11 Å². The largest absolute Gasteiger partial charge is 0.493 e. The van der Waals surface area contributed by atoms with E-state index in [-0.39, 0.29) is 17.6 Å². The summed E-state index contributed by atoms with van der Waals surface area (Å²) in [6.07, 6.45) is 3.59. The van der Waals surface area contributed by atoms with Crippen molar-refractivity contribution >= 4 is 0 Å². The van der Waals surface area contributed by atoms with Gasteiger partial charge in [0, 0.05) is 23.9 Å². The van der Waals surface area contributed by atoms with Gasteiger partial charge in [0.2, 0.25) is 0 Å². The molecule has 4 heteroatoms. The van der Waals surface area contributed by atoms with E-state index in [0.717, 1.165) is 50.3 Å². The number of nitrogens with zero attached hydrogens (tertiary/aromatic N) is 1. The van der Waals surface area contributed by atoms with Crippen LogP contribution in [0.4, 0.5) is 0 Å². The topological polar surface area (TPSA) is 41.9 Å². The third-order valence-electron chi connectivity index (χ3n) is 5.59. The summed E-state index contributed by atoms with van der Waals surface area (Å²) in [6.45, 7) is 2.04. The summed E-state index contributed by atoms with van der Waals surface area (Å²) in [5.41, 5.74) is 2.80. The number of hydrogen-bond acceptors (Lipinski definition) is 4. The summed E-state index contributed by atoms with van der Waals surface area (Å²) >= 11 is 0. The maximum absolute atomic E-state index is 10.1. The fourth-order valence-corrected chi connectivity index (χ4v) is 4.50. The number of aliphatic hydroxyl groups excluding tert-OH is 1. The zero-order valence-corrected chi connectivity index (χ0v) is 12.8. The van der Waals surface area contributed by atoms with Crippen molar-refractivity contribution < 1.29 is 14.6 Å². The molecule has 1 N–H and O–H groups in total. The Morgan fingerprint density at radius 3 is 3.05 bits per heavy atom. The van der Waals surface area contributed by atoms with Crippen LogP contribution >= 0.6 is 0 Å². The van der Waals surface area contributed by atoms with Gasteiger partial charge >= 0.3 is 0 Å². The molecule has 4 rings (SSSR count). The van der Waals surface area contributed by atoms with Crippen LogP contribution in [0.25, 0.3) is 0 Å². The Balaban J connectivity index is 1.90. The van der Waals surface area contributed by atoms with E-state index in [1.807, 2.05) is 6.07 Å². The third kappa shape index (κ3) is 1.82. The molecule has 1 spiro atoms. The van der Waals surface area contributed by atoms with Crippen LogP contribution in [0.15, 0.2) is 12.1 Å². The van der Waals surface area contributed by atoms with Crippen LogP contribution in [-0.4, -0.2) is 42.9 Å². The Morgan fingerprint density at radius 2 is 2.24 bits per heavy atom. The highest BCUT2D eigenvalue weighted by Gasteiger charge is 2.54. The number of rotatable bonds is 1. The predicted octanol–water partition coefficient (Wildman–Crippen LogP) is 2.07. The van der Waals surface area contributed by atoms with Crippen molar-refractivity contribution in [1.82, 2.24) is 4.90 Å². The molecule has 0 bridgehead atoms. The fraction of sp³-hybridized carbons (Fsp3) is 0.647. The summed E-state index contributed by atoms with van der Waals surface area (Å²) in [7, 11) is 3.88. The van der Waals surface area contributed by atoms with Crippen molar-refractivity contribution in [3.63, 3.8) is 0 Å². The second kappa shape index (κ2) is 4.62. The van der Waals surface area contributed by atoms with Crippen molar-refractivity contribution in [1.29, 1.82) is 0 Å². The zero-order valence-electron chi connectivity index (χ0n) is 12.8. The van der Waals surface area contributed by atoms with Gasteiger partial charge in [-0.3, -0.25) is 0 Å². The van der Waals surface area contributed by atoms with E-state index >= 15 is 0 Å². The van der Waals surface area contributed by atoms with Crippen LogP contribution in [0.1, 0.15) is 36.8 Å². The van der Waals surface area contributed by atoms with E-state index in [4.69, 9.17) is 9.47 Å². The van der Waals surface area contributed by atoms with Gasteiger partial charge in [-0.25, -0.2) is 0 Å². The van der Waals surface area contributed by atoms with Gasteiger partial charge in [-0.1, -0.05) is 6.07 Å². The van der Waals surface area contributed by atoms with Crippen molar-refractivity contribution in [3.05, 3.63) is 23.3 Å². The Labute approximate surface area is 125 Å². The highest BCUT2D eigenvalue weighted by atomic mass is 16.5. The lowest BCUT2D eigenvalue weighted by atomic mass is 9.65. The number of methoxy groups -OCH3 is 1. The molecule has 1 aromatic carbocycles. The van der Waals surface area contributed by atoms with E-state index in [2.05, 4.69) is 18.0 Å². The molecule has 0 saturated heterocycles. The van der Waals surface area contributed by atoms with Gasteiger partial charge in [-0.05, 0) is 44.5 Å². The quantitative estimate of drug-likeness (QED) is 0.859. The molecule has 1 fully saturated rings. The summed E-state index contributed by atoms with van der Waals surface area (Å²) in [5.74, 6) is 1.77. The molecule has 0 radical (unpaired) electrons. The molecule has 21 heavy (non-hydrogen) atoms. The lowest BCUT2D eigenvalue weighted by molar-refractivity contribution is 0.0120. The molecule has 4 nitrogen and oxygen atoms in total. The highest BCUT2D eigenvalue weighted by Crippen LogP contribution is 2.57. The minimum Gasteiger partial charge on any atom is -0.493 e. The van der Waals surface area contributed by atoms with Gasteiger partial charge in [-0.2, -0.15) is 0 Å². The van der Waals surface area contributed by atoms with Crippen LogP contribution in [0.5, 0.6) is 11.5 Å². The normalized spacial score (nSPS) is 34.6. The second-order valence-corrected chi connectivity index (χ2v) is 6.81. The van der Waals surface area contributed by atoms with E-state index in [1.54, 1.807) is 7.11 Å². The number of benzene rings is 1. The minimum atomic E-state index is -0.231. The Morgan fingerprint density at radius 1 is 1.38 bits per heavy atom. The Bertz CT molecular complexity index is 573. The van der Waals surface area contributed by atoms with E-state index in [1.165, 1.54) is 11.1 Å². The van der Waals surface area contributed by atoms with Gasteiger partial charge in [0.05, 0.1) is 13.2 Å². The molecule has 1 saturated carbocycles. The lowest BCUT2D eigenvalue weighted by Gasteiger charge is -2.40. The standard InChI is InChI=1S/C17H23NO3/c1-18-8-7-17-6-5-12(19)9-14(17)21-16-13(20-2)4-3-11(10-18)15(16)17/h3-4,12,14,19H,5-10H2,1-2H3/t12-,14+,17+/m0/s1. The Hall–Kier alpha value is -1.26. The third-order valence-corrected chi connectivity index (χ3v) is 5.59. The Kier molecular flexibility index (Phi) is 2.95. The van der Waals surface area contributed by atoms with Crippen LogP contribution < -0.4 is 9.47 Å². The fourth-order valence-electron chi connectivity index (χ4n) is 4.50. The first-order chi connectivity index (χ1) is 10.1. The average molecular weight is 289 g/mol. The first-order valence-corrected chi connectivity index (χ1v) is 7.87. The molecule has 0 unspecified atom stereocenters. The van der Waals surface area contributed by atoms with Crippen LogP contribution in [0, 0.1) is 0 Å². The van der Waals surface area contributed by atoms with Crippen LogP contribution in [-0.2, 0) is 12.0 Å². The van der Waals surface area contributed by atoms with Gasteiger partial charge < -0.3 is 19.5 Å². The molecule has 3 atom stereocenters.